The Kier molecular flexibility index (Phi) is 6.01. The minimum Gasteiger partial charge on any atom is -0.314 e. The third kappa shape index (κ3) is 4.04. The lowest BCUT2D eigenvalue weighted by molar-refractivity contribution is 0.413. The van der Waals surface area contributed by atoms with Gasteiger partial charge in [-0.05, 0) is 43.7 Å². The molecule has 20 heavy (non-hydrogen) atoms. The number of hydrogen-bond acceptors (Lipinski definition) is 4. The lowest BCUT2D eigenvalue weighted by Gasteiger charge is -2.19. The maximum atomic E-state index is 12.5. The molecule has 1 aromatic heterocycles. The number of unbranched alkanes of at least 4 members (excludes halogenated alkanes) is 1. The maximum absolute atomic E-state index is 12.5. The summed E-state index contributed by atoms with van der Waals surface area (Å²) >= 11 is 1.30. The molecule has 1 fully saturated rings. The molecule has 1 aliphatic heterocycles. The van der Waals surface area contributed by atoms with E-state index in [1.165, 1.54) is 24.2 Å². The van der Waals surface area contributed by atoms with E-state index < -0.39 is 10.0 Å². The van der Waals surface area contributed by atoms with E-state index in [4.69, 9.17) is 0 Å². The van der Waals surface area contributed by atoms with Gasteiger partial charge in [-0.15, -0.1) is 11.3 Å². The Morgan fingerprint density at radius 1 is 1.40 bits per heavy atom. The molecule has 6 heteroatoms. The van der Waals surface area contributed by atoms with Crippen molar-refractivity contribution in [3.05, 3.63) is 17.5 Å². The highest BCUT2D eigenvalue weighted by Crippen LogP contribution is 2.23. The first-order valence-corrected chi connectivity index (χ1v) is 9.73. The van der Waals surface area contributed by atoms with Crippen LogP contribution in [0.1, 0.15) is 39.0 Å². The minimum atomic E-state index is -3.27. The van der Waals surface area contributed by atoms with E-state index in [1.54, 1.807) is 16.4 Å². The van der Waals surface area contributed by atoms with Gasteiger partial charge in [-0.2, -0.15) is 4.31 Å². The zero-order valence-corrected chi connectivity index (χ0v) is 13.7. The average Bonchev–Trinajstić information content (AvgIpc) is 2.87. The Bertz CT molecular complexity index is 485. The number of hydrogen-bond donors (Lipinski definition) is 1. The zero-order valence-electron chi connectivity index (χ0n) is 12.0. The van der Waals surface area contributed by atoms with E-state index in [0.717, 1.165) is 25.8 Å². The van der Waals surface area contributed by atoms with Crippen LogP contribution in [0, 0.1) is 0 Å². The van der Waals surface area contributed by atoms with Crippen LogP contribution >= 0.6 is 11.3 Å². The van der Waals surface area contributed by atoms with Crippen molar-refractivity contribution in [1.82, 2.24) is 9.62 Å². The molecular weight excluding hydrogens is 292 g/mol. The fraction of sp³-hybridized carbons (Fsp3) is 0.714. The Morgan fingerprint density at radius 2 is 2.25 bits per heavy atom. The van der Waals surface area contributed by atoms with Crippen LogP contribution in [0.5, 0.6) is 0 Å². The zero-order chi connectivity index (χ0) is 14.4. The first-order valence-electron chi connectivity index (χ1n) is 7.41. The van der Waals surface area contributed by atoms with Crippen LogP contribution in [0.15, 0.2) is 21.7 Å². The highest BCUT2D eigenvalue weighted by molar-refractivity contribution is 7.91. The summed E-state index contributed by atoms with van der Waals surface area (Å²) < 4.78 is 27.1. The summed E-state index contributed by atoms with van der Waals surface area (Å²) in [7, 11) is -3.27. The molecule has 1 aromatic rings. The molecule has 2 rings (SSSR count). The SMILES string of the molecule is CCCCNC1CCCN(S(=O)(=O)c2cccs2)CC1. The first-order chi connectivity index (χ1) is 9.64. The Balaban J connectivity index is 1.93. The molecule has 0 radical (unpaired) electrons. The molecule has 0 aliphatic carbocycles. The van der Waals surface area contributed by atoms with Gasteiger partial charge < -0.3 is 5.32 Å². The number of nitrogens with one attached hydrogen (secondary N) is 1. The molecule has 1 atom stereocenters. The highest BCUT2D eigenvalue weighted by atomic mass is 32.2. The quantitative estimate of drug-likeness (QED) is 0.821. The van der Waals surface area contributed by atoms with Gasteiger partial charge in [-0.25, -0.2) is 8.42 Å². The van der Waals surface area contributed by atoms with Gasteiger partial charge in [0.1, 0.15) is 4.21 Å². The van der Waals surface area contributed by atoms with Gasteiger partial charge in [0.15, 0.2) is 0 Å². The van der Waals surface area contributed by atoms with Crippen molar-refractivity contribution in [2.24, 2.45) is 0 Å². The van der Waals surface area contributed by atoms with Crippen LogP contribution < -0.4 is 5.32 Å². The molecule has 0 bridgehead atoms. The van der Waals surface area contributed by atoms with Gasteiger partial charge in [0, 0.05) is 19.1 Å². The van der Waals surface area contributed by atoms with Crippen LogP contribution in [0.25, 0.3) is 0 Å². The van der Waals surface area contributed by atoms with Crippen molar-refractivity contribution in [1.29, 1.82) is 0 Å². The second-order valence-corrected chi connectivity index (χ2v) is 8.38. The summed E-state index contributed by atoms with van der Waals surface area (Å²) in [4.78, 5) is 0. The second kappa shape index (κ2) is 7.54. The molecular formula is C14H24N2O2S2. The minimum absolute atomic E-state index is 0.463. The summed E-state index contributed by atoms with van der Waals surface area (Å²) in [5.41, 5.74) is 0. The molecule has 1 N–H and O–H groups in total. The number of nitrogens with zero attached hydrogens (tertiary/aromatic N) is 1. The smallest absolute Gasteiger partial charge is 0.252 e. The van der Waals surface area contributed by atoms with Gasteiger partial charge in [0.25, 0.3) is 10.0 Å². The second-order valence-electron chi connectivity index (χ2n) is 5.27. The van der Waals surface area contributed by atoms with Crippen LogP contribution in [0.3, 0.4) is 0 Å². The molecule has 1 aliphatic rings. The Labute approximate surface area is 126 Å². The summed E-state index contributed by atoms with van der Waals surface area (Å²) in [5.74, 6) is 0. The molecule has 0 aromatic carbocycles. The monoisotopic (exact) mass is 316 g/mol. The van der Waals surface area contributed by atoms with Crippen molar-refractivity contribution < 1.29 is 8.42 Å². The standard InChI is InChI=1S/C14H24N2O2S2/c1-2-3-9-15-13-6-4-10-16(11-8-13)20(17,18)14-7-5-12-19-14/h5,7,12-13,15H,2-4,6,8-11H2,1H3. The van der Waals surface area contributed by atoms with E-state index in [9.17, 15) is 8.42 Å². The number of sulfonamides is 1. The van der Waals surface area contributed by atoms with Crippen molar-refractivity contribution in [2.75, 3.05) is 19.6 Å². The van der Waals surface area contributed by atoms with Crippen LogP contribution in [-0.2, 0) is 10.0 Å². The van der Waals surface area contributed by atoms with E-state index in [2.05, 4.69) is 12.2 Å². The Morgan fingerprint density at radius 3 is 2.95 bits per heavy atom. The molecule has 1 unspecified atom stereocenters. The third-order valence-electron chi connectivity index (χ3n) is 3.74. The highest BCUT2D eigenvalue weighted by Gasteiger charge is 2.27. The molecule has 2 heterocycles. The molecule has 1 saturated heterocycles. The lowest BCUT2D eigenvalue weighted by Crippen LogP contribution is -2.34. The van der Waals surface area contributed by atoms with Crippen LogP contribution in [0.4, 0.5) is 0 Å². The normalized spacial score (nSPS) is 21.8. The molecule has 0 spiro atoms. The van der Waals surface area contributed by atoms with E-state index >= 15 is 0 Å². The van der Waals surface area contributed by atoms with Gasteiger partial charge in [-0.3, -0.25) is 0 Å². The predicted molar refractivity (Wildman–Crippen MR) is 83.6 cm³/mol. The van der Waals surface area contributed by atoms with E-state index in [0.29, 0.717) is 23.3 Å². The molecule has 114 valence electrons. The summed E-state index contributed by atoms with van der Waals surface area (Å²) in [6.45, 7) is 4.50. The van der Waals surface area contributed by atoms with Crippen molar-refractivity contribution in [3.8, 4) is 0 Å². The van der Waals surface area contributed by atoms with Crippen molar-refractivity contribution in [2.45, 2.75) is 49.3 Å². The first kappa shape index (κ1) is 15.9. The fourth-order valence-corrected chi connectivity index (χ4v) is 5.17. The summed E-state index contributed by atoms with van der Waals surface area (Å²) in [6.07, 6.45) is 5.30. The molecule has 4 nitrogen and oxygen atoms in total. The average molecular weight is 316 g/mol. The summed E-state index contributed by atoms with van der Waals surface area (Å²) in [6, 6.07) is 3.96. The van der Waals surface area contributed by atoms with Crippen molar-refractivity contribution >= 4 is 21.4 Å². The van der Waals surface area contributed by atoms with Gasteiger partial charge in [0.2, 0.25) is 0 Å². The molecule has 0 amide bonds. The van der Waals surface area contributed by atoms with Crippen LogP contribution in [0.2, 0.25) is 0 Å². The predicted octanol–water partition coefficient (Wildman–Crippen LogP) is 2.68. The maximum Gasteiger partial charge on any atom is 0.252 e. The number of thiophene rings is 1. The van der Waals surface area contributed by atoms with Crippen molar-refractivity contribution in [3.63, 3.8) is 0 Å². The Hall–Kier alpha value is -0.430. The third-order valence-corrected chi connectivity index (χ3v) is 7.01. The van der Waals surface area contributed by atoms with Gasteiger partial charge in [0.05, 0.1) is 0 Å². The largest absolute Gasteiger partial charge is 0.314 e. The summed E-state index contributed by atoms with van der Waals surface area (Å²) in [5, 5.41) is 5.37. The van der Waals surface area contributed by atoms with Gasteiger partial charge in [-0.1, -0.05) is 19.4 Å². The fourth-order valence-electron chi connectivity index (χ4n) is 2.53. The van der Waals surface area contributed by atoms with Crippen LogP contribution in [-0.4, -0.2) is 38.4 Å². The topological polar surface area (TPSA) is 49.4 Å². The van der Waals surface area contributed by atoms with E-state index in [-0.39, 0.29) is 0 Å². The van der Waals surface area contributed by atoms with E-state index in [1.807, 2.05) is 5.38 Å². The van der Waals surface area contributed by atoms with Gasteiger partial charge >= 0.3 is 0 Å². The number of rotatable bonds is 6. The molecule has 0 saturated carbocycles. The lowest BCUT2D eigenvalue weighted by atomic mass is 10.1.